The van der Waals surface area contributed by atoms with Gasteiger partial charge in [-0.1, -0.05) is 6.07 Å². The average molecular weight is 444 g/mol. The lowest BCUT2D eigenvalue weighted by atomic mass is 10.0. The molecule has 0 saturated carbocycles. The van der Waals surface area contributed by atoms with Crippen LogP contribution in [0.15, 0.2) is 18.2 Å². The average Bonchev–Trinajstić information content (AvgIpc) is 3.48. The van der Waals surface area contributed by atoms with E-state index in [0.717, 1.165) is 61.3 Å². The van der Waals surface area contributed by atoms with Gasteiger partial charge in [-0.25, -0.2) is 0 Å². The zero-order chi connectivity index (χ0) is 22.1. The smallest absolute Gasteiger partial charge is 0.251 e. The molecule has 4 rings (SSSR count). The first-order valence-corrected chi connectivity index (χ1v) is 11.5. The maximum absolute atomic E-state index is 13.2. The molecule has 2 aliphatic rings. The van der Waals surface area contributed by atoms with Crippen molar-refractivity contribution in [2.24, 2.45) is 5.73 Å². The lowest BCUT2D eigenvalue weighted by Crippen LogP contribution is -2.41. The van der Waals surface area contributed by atoms with Gasteiger partial charge in [0.25, 0.3) is 5.91 Å². The van der Waals surface area contributed by atoms with E-state index in [1.807, 2.05) is 25.1 Å². The summed E-state index contributed by atoms with van der Waals surface area (Å²) in [4.78, 5) is 28.6. The van der Waals surface area contributed by atoms with Crippen LogP contribution in [0.25, 0.3) is 0 Å². The molecule has 3 N–H and O–H groups in total. The molecule has 7 nitrogen and oxygen atoms in total. The first-order valence-electron chi connectivity index (χ1n) is 10.7. The van der Waals surface area contributed by atoms with E-state index in [4.69, 9.17) is 15.2 Å². The molecule has 2 aromatic rings. The van der Waals surface area contributed by atoms with Crippen LogP contribution in [0.1, 0.15) is 58.6 Å². The number of nitrogens with one attached hydrogen (secondary N) is 1. The zero-order valence-corrected chi connectivity index (χ0v) is 19.0. The number of carbonyl (C=O) groups is 2. The van der Waals surface area contributed by atoms with Gasteiger partial charge in [0.15, 0.2) is 0 Å². The summed E-state index contributed by atoms with van der Waals surface area (Å²) in [5, 5.41) is 3.59. The van der Waals surface area contributed by atoms with Crippen molar-refractivity contribution in [2.45, 2.75) is 51.1 Å². The number of aryl methyl sites for hydroxylation is 1. The number of hydrogen-bond acceptors (Lipinski definition) is 6. The van der Waals surface area contributed by atoms with Gasteiger partial charge in [0.05, 0.1) is 25.8 Å². The molecule has 1 aromatic carbocycles. The summed E-state index contributed by atoms with van der Waals surface area (Å²) >= 11 is 1.49. The van der Waals surface area contributed by atoms with E-state index in [2.05, 4.69) is 10.2 Å². The number of methoxy groups -OCH3 is 2. The molecule has 1 aromatic heterocycles. The minimum Gasteiger partial charge on any atom is -0.497 e. The predicted molar refractivity (Wildman–Crippen MR) is 121 cm³/mol. The first-order chi connectivity index (χ1) is 14.9. The van der Waals surface area contributed by atoms with Crippen LogP contribution < -0.4 is 20.5 Å². The molecular formula is C23H29N3O4S. The third-order valence-electron chi connectivity index (χ3n) is 6.38. The molecule has 2 heterocycles. The number of rotatable bonds is 7. The fraction of sp³-hybridized carbons (Fsp3) is 0.478. The Morgan fingerprint density at radius 1 is 1.23 bits per heavy atom. The molecule has 0 spiro atoms. The van der Waals surface area contributed by atoms with Crippen LogP contribution in [0.3, 0.4) is 0 Å². The number of fused-ring (bicyclic) bond motifs is 1. The number of likely N-dealkylation sites (tertiary alicyclic amines) is 1. The van der Waals surface area contributed by atoms with Crippen LogP contribution in [0.2, 0.25) is 0 Å². The molecule has 8 heteroatoms. The number of hydrogen-bond donors (Lipinski definition) is 2. The zero-order valence-electron chi connectivity index (χ0n) is 18.2. The van der Waals surface area contributed by atoms with Crippen LogP contribution in [0.5, 0.6) is 11.5 Å². The van der Waals surface area contributed by atoms with Crippen molar-refractivity contribution >= 4 is 28.2 Å². The highest BCUT2D eigenvalue weighted by molar-refractivity contribution is 7.17. The molecule has 31 heavy (non-hydrogen) atoms. The third kappa shape index (κ3) is 4.02. The Hall–Kier alpha value is -2.58. The predicted octanol–water partition coefficient (Wildman–Crippen LogP) is 3.52. The molecule has 1 saturated heterocycles. The standard InChI is InChI=1S/C23H29N3O4S/c1-13(22(28)25-23-20(21(24)27)16-6-4-8-19(16)31-23)26-11-5-7-17(26)15-10-9-14(29-2)12-18(15)30-3/h9-10,12-13,17H,4-8,11H2,1-3H3,(H2,24,27)(H,25,28)/t13-,17+/m0/s1. The van der Waals surface area contributed by atoms with E-state index in [-0.39, 0.29) is 18.0 Å². The van der Waals surface area contributed by atoms with E-state index in [1.165, 1.54) is 16.2 Å². The molecule has 1 aliphatic heterocycles. The van der Waals surface area contributed by atoms with Crippen LogP contribution in [-0.4, -0.2) is 43.5 Å². The second kappa shape index (κ2) is 8.88. The lowest BCUT2D eigenvalue weighted by Gasteiger charge is -2.31. The summed E-state index contributed by atoms with van der Waals surface area (Å²) in [6.07, 6.45) is 4.76. The van der Waals surface area contributed by atoms with Crippen molar-refractivity contribution in [1.29, 1.82) is 0 Å². The Morgan fingerprint density at radius 3 is 2.74 bits per heavy atom. The van der Waals surface area contributed by atoms with Crippen LogP contribution in [0, 0.1) is 0 Å². The molecular weight excluding hydrogens is 414 g/mol. The minimum absolute atomic E-state index is 0.0746. The largest absolute Gasteiger partial charge is 0.497 e. The summed E-state index contributed by atoms with van der Waals surface area (Å²) in [7, 11) is 3.28. The fourth-order valence-electron chi connectivity index (χ4n) is 4.80. The second-order valence-electron chi connectivity index (χ2n) is 8.09. The number of thiophene rings is 1. The number of carbonyl (C=O) groups excluding carboxylic acids is 2. The van der Waals surface area contributed by atoms with Crippen molar-refractivity contribution in [2.75, 3.05) is 26.1 Å². The summed E-state index contributed by atoms with van der Waals surface area (Å²) < 4.78 is 10.9. The summed E-state index contributed by atoms with van der Waals surface area (Å²) in [5.41, 5.74) is 8.20. The monoisotopic (exact) mass is 443 g/mol. The highest BCUT2D eigenvalue weighted by Crippen LogP contribution is 2.41. The Morgan fingerprint density at radius 2 is 2.03 bits per heavy atom. The van der Waals surface area contributed by atoms with Gasteiger partial charge in [-0.2, -0.15) is 0 Å². The number of amides is 2. The lowest BCUT2D eigenvalue weighted by molar-refractivity contribution is -0.121. The second-order valence-corrected chi connectivity index (χ2v) is 9.20. The van der Waals surface area contributed by atoms with E-state index in [9.17, 15) is 9.59 Å². The van der Waals surface area contributed by atoms with Crippen LogP contribution in [0.4, 0.5) is 5.00 Å². The Balaban J connectivity index is 1.55. The minimum atomic E-state index is -0.468. The van der Waals surface area contributed by atoms with Crippen molar-refractivity contribution in [3.8, 4) is 11.5 Å². The van der Waals surface area contributed by atoms with E-state index in [1.54, 1.807) is 14.2 Å². The number of benzene rings is 1. The summed E-state index contributed by atoms with van der Waals surface area (Å²) in [6.45, 7) is 2.73. The maximum atomic E-state index is 13.2. The summed E-state index contributed by atoms with van der Waals surface area (Å²) in [5.74, 6) is 0.904. The van der Waals surface area contributed by atoms with Gasteiger partial charge in [0.1, 0.15) is 16.5 Å². The van der Waals surface area contributed by atoms with E-state index < -0.39 is 5.91 Å². The maximum Gasteiger partial charge on any atom is 0.251 e. The molecule has 2 amide bonds. The van der Waals surface area contributed by atoms with Gasteiger partial charge in [-0.15, -0.1) is 11.3 Å². The Bertz CT molecular complexity index is 1000. The number of anilines is 1. The van der Waals surface area contributed by atoms with Gasteiger partial charge >= 0.3 is 0 Å². The Labute approximate surface area is 186 Å². The topological polar surface area (TPSA) is 93.9 Å². The van der Waals surface area contributed by atoms with Gasteiger partial charge in [-0.3, -0.25) is 14.5 Å². The van der Waals surface area contributed by atoms with Crippen LogP contribution >= 0.6 is 11.3 Å². The molecule has 166 valence electrons. The molecule has 0 unspecified atom stereocenters. The fourth-order valence-corrected chi connectivity index (χ4v) is 6.10. The van der Waals surface area contributed by atoms with E-state index >= 15 is 0 Å². The molecule has 0 radical (unpaired) electrons. The third-order valence-corrected chi connectivity index (χ3v) is 7.58. The number of primary amides is 1. The van der Waals surface area contributed by atoms with Crippen LogP contribution in [-0.2, 0) is 17.6 Å². The van der Waals surface area contributed by atoms with Gasteiger partial charge in [-0.05, 0) is 57.2 Å². The van der Waals surface area contributed by atoms with Crippen molar-refractivity contribution in [1.82, 2.24) is 4.90 Å². The normalized spacial score (nSPS) is 19.1. The molecule has 2 atom stereocenters. The highest BCUT2D eigenvalue weighted by Gasteiger charge is 2.35. The molecule has 0 bridgehead atoms. The molecule has 1 aliphatic carbocycles. The van der Waals surface area contributed by atoms with Gasteiger partial charge in [0, 0.05) is 22.5 Å². The highest BCUT2D eigenvalue weighted by atomic mass is 32.1. The summed E-state index contributed by atoms with van der Waals surface area (Å²) in [6, 6.07) is 5.52. The van der Waals surface area contributed by atoms with Gasteiger partial charge in [0.2, 0.25) is 5.91 Å². The number of ether oxygens (including phenoxy) is 2. The van der Waals surface area contributed by atoms with E-state index in [0.29, 0.717) is 10.6 Å². The first kappa shape index (κ1) is 21.6. The van der Waals surface area contributed by atoms with Gasteiger partial charge < -0.3 is 20.5 Å². The Kier molecular flexibility index (Phi) is 6.20. The SMILES string of the molecule is COc1ccc([C@H]2CCCN2[C@@H](C)C(=O)Nc2sc3c(c2C(N)=O)CCC3)c(OC)c1. The van der Waals surface area contributed by atoms with Crippen molar-refractivity contribution in [3.63, 3.8) is 0 Å². The van der Waals surface area contributed by atoms with Crippen molar-refractivity contribution < 1.29 is 19.1 Å². The quantitative estimate of drug-likeness (QED) is 0.683. The number of nitrogens with two attached hydrogens (primary N) is 1. The molecule has 1 fully saturated rings. The number of nitrogens with zero attached hydrogens (tertiary/aromatic N) is 1. The van der Waals surface area contributed by atoms with Crippen molar-refractivity contribution in [3.05, 3.63) is 39.8 Å².